The number of hydrogen-bond donors (Lipinski definition) is 2. The standard InChI is InChI=1S/C15H18N2O3/c1-19-13-6-4-12(5-7-13)8-9-16-15(18)17-11-14-3-2-10-20-14/h2-7,10H,8-9,11H2,1H3,(H2,16,17,18). The first-order valence-electron chi connectivity index (χ1n) is 6.45. The molecule has 0 saturated carbocycles. The Labute approximate surface area is 117 Å². The molecule has 20 heavy (non-hydrogen) atoms. The maximum atomic E-state index is 11.5. The highest BCUT2D eigenvalue weighted by Crippen LogP contribution is 2.11. The van der Waals surface area contributed by atoms with Crippen LogP contribution in [-0.4, -0.2) is 19.7 Å². The average Bonchev–Trinajstić information content (AvgIpc) is 2.99. The molecule has 0 unspecified atom stereocenters. The lowest BCUT2D eigenvalue weighted by Gasteiger charge is -2.07. The number of amides is 2. The minimum absolute atomic E-state index is 0.199. The summed E-state index contributed by atoms with van der Waals surface area (Å²) in [6.07, 6.45) is 2.36. The quantitative estimate of drug-likeness (QED) is 0.849. The van der Waals surface area contributed by atoms with Gasteiger partial charge in [-0.05, 0) is 36.2 Å². The third-order valence-electron chi connectivity index (χ3n) is 2.86. The zero-order valence-corrected chi connectivity index (χ0v) is 11.4. The number of methoxy groups -OCH3 is 1. The van der Waals surface area contributed by atoms with Gasteiger partial charge in [0.2, 0.25) is 0 Å². The van der Waals surface area contributed by atoms with Gasteiger partial charge in [0.1, 0.15) is 11.5 Å². The van der Waals surface area contributed by atoms with Crippen LogP contribution in [0.25, 0.3) is 0 Å². The third-order valence-corrected chi connectivity index (χ3v) is 2.86. The van der Waals surface area contributed by atoms with E-state index in [0.29, 0.717) is 13.1 Å². The molecule has 1 aromatic carbocycles. The number of urea groups is 1. The van der Waals surface area contributed by atoms with Crippen molar-refractivity contribution in [3.63, 3.8) is 0 Å². The molecule has 5 heteroatoms. The maximum absolute atomic E-state index is 11.5. The monoisotopic (exact) mass is 274 g/mol. The molecule has 0 spiro atoms. The van der Waals surface area contributed by atoms with Gasteiger partial charge in [-0.15, -0.1) is 0 Å². The Morgan fingerprint density at radius 3 is 2.65 bits per heavy atom. The van der Waals surface area contributed by atoms with Gasteiger partial charge in [-0.25, -0.2) is 4.79 Å². The van der Waals surface area contributed by atoms with Crippen molar-refractivity contribution in [3.05, 3.63) is 54.0 Å². The van der Waals surface area contributed by atoms with E-state index in [1.807, 2.05) is 30.3 Å². The summed E-state index contributed by atoms with van der Waals surface area (Å²) < 4.78 is 10.2. The van der Waals surface area contributed by atoms with Crippen molar-refractivity contribution >= 4 is 6.03 Å². The van der Waals surface area contributed by atoms with Crippen molar-refractivity contribution in [1.29, 1.82) is 0 Å². The average molecular weight is 274 g/mol. The molecular weight excluding hydrogens is 256 g/mol. The Hall–Kier alpha value is -2.43. The summed E-state index contributed by atoms with van der Waals surface area (Å²) in [5.41, 5.74) is 1.15. The summed E-state index contributed by atoms with van der Waals surface area (Å²) in [6, 6.07) is 11.2. The summed E-state index contributed by atoms with van der Waals surface area (Å²) in [6.45, 7) is 0.970. The fraction of sp³-hybridized carbons (Fsp3) is 0.267. The highest BCUT2D eigenvalue weighted by Gasteiger charge is 2.01. The molecule has 0 saturated heterocycles. The second kappa shape index (κ2) is 7.23. The van der Waals surface area contributed by atoms with Crippen LogP contribution in [0.3, 0.4) is 0 Å². The first-order chi connectivity index (χ1) is 9.78. The number of furan rings is 1. The molecular formula is C15H18N2O3. The van der Waals surface area contributed by atoms with E-state index in [1.54, 1.807) is 19.4 Å². The van der Waals surface area contributed by atoms with Gasteiger partial charge in [-0.3, -0.25) is 0 Å². The fourth-order valence-corrected chi connectivity index (χ4v) is 1.76. The Morgan fingerprint density at radius 1 is 1.20 bits per heavy atom. The zero-order valence-electron chi connectivity index (χ0n) is 11.4. The van der Waals surface area contributed by atoms with Crippen molar-refractivity contribution in [1.82, 2.24) is 10.6 Å². The zero-order chi connectivity index (χ0) is 14.2. The Morgan fingerprint density at radius 2 is 2.00 bits per heavy atom. The summed E-state index contributed by atoms with van der Waals surface area (Å²) >= 11 is 0. The molecule has 0 atom stereocenters. The number of rotatable bonds is 6. The van der Waals surface area contributed by atoms with Gasteiger partial charge in [0.15, 0.2) is 0 Å². The molecule has 5 nitrogen and oxygen atoms in total. The van der Waals surface area contributed by atoms with Crippen LogP contribution in [0.2, 0.25) is 0 Å². The molecule has 1 heterocycles. The van der Waals surface area contributed by atoms with Crippen LogP contribution in [0.5, 0.6) is 5.75 Å². The topological polar surface area (TPSA) is 63.5 Å². The van der Waals surface area contributed by atoms with E-state index in [9.17, 15) is 4.79 Å². The number of benzene rings is 1. The highest BCUT2D eigenvalue weighted by atomic mass is 16.5. The van der Waals surface area contributed by atoms with Crippen molar-refractivity contribution in [3.8, 4) is 5.75 Å². The van der Waals surface area contributed by atoms with Gasteiger partial charge in [0.05, 0.1) is 19.9 Å². The van der Waals surface area contributed by atoms with Crippen LogP contribution in [0, 0.1) is 0 Å². The summed E-state index contributed by atoms with van der Waals surface area (Å²) in [7, 11) is 1.64. The second-order valence-electron chi connectivity index (χ2n) is 4.29. The second-order valence-corrected chi connectivity index (χ2v) is 4.29. The van der Waals surface area contributed by atoms with E-state index >= 15 is 0 Å². The van der Waals surface area contributed by atoms with Crippen molar-refractivity contribution in [2.75, 3.05) is 13.7 Å². The largest absolute Gasteiger partial charge is 0.497 e. The van der Waals surface area contributed by atoms with Gasteiger partial charge in [0.25, 0.3) is 0 Å². The molecule has 106 valence electrons. The third kappa shape index (κ3) is 4.35. The van der Waals surface area contributed by atoms with Crippen molar-refractivity contribution in [2.24, 2.45) is 0 Å². The molecule has 2 aromatic rings. The maximum Gasteiger partial charge on any atom is 0.315 e. The highest BCUT2D eigenvalue weighted by molar-refractivity contribution is 5.73. The lowest BCUT2D eigenvalue weighted by molar-refractivity contribution is 0.239. The predicted molar refractivity (Wildman–Crippen MR) is 75.6 cm³/mol. The summed E-state index contributed by atoms with van der Waals surface area (Å²) in [4.78, 5) is 11.5. The Kier molecular flexibility index (Phi) is 5.06. The van der Waals surface area contributed by atoms with Crippen LogP contribution in [0.4, 0.5) is 4.79 Å². The molecule has 0 bridgehead atoms. The van der Waals surface area contributed by atoms with Gasteiger partial charge in [-0.2, -0.15) is 0 Å². The van der Waals surface area contributed by atoms with E-state index in [-0.39, 0.29) is 6.03 Å². The molecule has 1 aromatic heterocycles. The molecule has 0 aliphatic rings. The smallest absolute Gasteiger partial charge is 0.315 e. The van der Waals surface area contributed by atoms with E-state index in [0.717, 1.165) is 23.5 Å². The van der Waals surface area contributed by atoms with Crippen molar-refractivity contribution in [2.45, 2.75) is 13.0 Å². The van der Waals surface area contributed by atoms with Gasteiger partial charge < -0.3 is 19.8 Å². The number of carbonyl (C=O) groups is 1. The van der Waals surface area contributed by atoms with Crippen LogP contribution < -0.4 is 15.4 Å². The number of carbonyl (C=O) groups excluding carboxylic acids is 1. The number of hydrogen-bond acceptors (Lipinski definition) is 3. The Bertz CT molecular complexity index is 521. The van der Waals surface area contributed by atoms with Gasteiger partial charge in [-0.1, -0.05) is 12.1 Å². The van der Waals surface area contributed by atoms with Crippen molar-refractivity contribution < 1.29 is 13.9 Å². The minimum atomic E-state index is -0.199. The first kappa shape index (κ1) is 14.0. The number of nitrogens with one attached hydrogen (secondary N) is 2. The SMILES string of the molecule is COc1ccc(CCNC(=O)NCc2ccco2)cc1. The lowest BCUT2D eigenvalue weighted by Crippen LogP contribution is -2.36. The van der Waals surface area contributed by atoms with E-state index in [4.69, 9.17) is 9.15 Å². The van der Waals surface area contributed by atoms with Gasteiger partial charge >= 0.3 is 6.03 Å². The summed E-state index contributed by atoms with van der Waals surface area (Å²) in [5, 5.41) is 5.52. The van der Waals surface area contributed by atoms with Crippen LogP contribution in [-0.2, 0) is 13.0 Å². The lowest BCUT2D eigenvalue weighted by atomic mass is 10.1. The molecule has 0 aliphatic heterocycles. The molecule has 2 rings (SSSR count). The van der Waals surface area contributed by atoms with Crippen LogP contribution in [0.1, 0.15) is 11.3 Å². The van der Waals surface area contributed by atoms with Gasteiger partial charge in [0, 0.05) is 6.54 Å². The molecule has 2 amide bonds. The van der Waals surface area contributed by atoms with E-state index in [2.05, 4.69) is 10.6 Å². The minimum Gasteiger partial charge on any atom is -0.497 e. The fourth-order valence-electron chi connectivity index (χ4n) is 1.76. The van der Waals surface area contributed by atoms with Crippen LogP contribution >= 0.6 is 0 Å². The normalized spacial score (nSPS) is 10.1. The number of ether oxygens (including phenoxy) is 1. The Balaban J connectivity index is 1.65. The van der Waals surface area contributed by atoms with E-state index < -0.39 is 0 Å². The molecule has 0 aliphatic carbocycles. The molecule has 0 radical (unpaired) electrons. The van der Waals surface area contributed by atoms with E-state index in [1.165, 1.54) is 0 Å². The predicted octanol–water partition coefficient (Wildman–Crippen LogP) is 2.33. The molecule has 0 fully saturated rings. The van der Waals surface area contributed by atoms with Crippen LogP contribution in [0.15, 0.2) is 47.1 Å². The first-order valence-corrected chi connectivity index (χ1v) is 6.45. The summed E-state index contributed by atoms with van der Waals surface area (Å²) in [5.74, 6) is 1.56. The molecule has 2 N–H and O–H groups in total.